The zero-order valence-electron chi connectivity index (χ0n) is 20.3. The van der Waals surface area contributed by atoms with Gasteiger partial charge in [0.15, 0.2) is 0 Å². The van der Waals surface area contributed by atoms with E-state index in [1.54, 1.807) is 43.9 Å². The minimum atomic E-state index is -1.40. The van der Waals surface area contributed by atoms with E-state index in [2.05, 4.69) is 19.9 Å². The zero-order chi connectivity index (χ0) is 25.5. The third-order valence-corrected chi connectivity index (χ3v) is 7.48. The molecule has 2 aromatic heterocycles. The lowest BCUT2D eigenvalue weighted by Crippen LogP contribution is -2.48. The fraction of sp³-hybridized carbons (Fsp3) is 0.462. The molecule has 4 rings (SSSR count). The quantitative estimate of drug-likeness (QED) is 0.298. The Bertz CT molecular complexity index is 1170. The van der Waals surface area contributed by atoms with E-state index in [1.165, 1.54) is 6.20 Å². The van der Waals surface area contributed by atoms with Crippen LogP contribution in [0.3, 0.4) is 0 Å². The number of pyridine rings is 1. The van der Waals surface area contributed by atoms with Gasteiger partial charge in [-0.3, -0.25) is 25.0 Å². The fourth-order valence-electron chi connectivity index (χ4n) is 5.02. The van der Waals surface area contributed by atoms with E-state index < -0.39 is 17.5 Å². The van der Waals surface area contributed by atoms with Gasteiger partial charge in [0.25, 0.3) is 0 Å². The van der Waals surface area contributed by atoms with Crippen LogP contribution in [0.1, 0.15) is 49.5 Å². The molecule has 1 saturated heterocycles. The van der Waals surface area contributed by atoms with Gasteiger partial charge in [-0.05, 0) is 76.4 Å². The molecule has 192 valence electrons. The highest BCUT2D eigenvalue weighted by Crippen LogP contribution is 2.42. The van der Waals surface area contributed by atoms with Crippen LogP contribution in [0.4, 0.5) is 4.39 Å². The SMILES string of the molecule is COc1ccc2ncc(Cl)c([C@H](F)CCC3(C(=O)NO)CCN(CCCc4cnccn4)CC3)c2c1. The van der Waals surface area contributed by atoms with Gasteiger partial charge in [0.1, 0.15) is 11.9 Å². The van der Waals surface area contributed by atoms with E-state index in [4.69, 9.17) is 16.3 Å². The topological polar surface area (TPSA) is 100 Å². The number of rotatable bonds is 10. The second kappa shape index (κ2) is 11.9. The van der Waals surface area contributed by atoms with E-state index in [9.17, 15) is 10.0 Å². The van der Waals surface area contributed by atoms with Crippen LogP contribution in [-0.2, 0) is 11.2 Å². The number of hydroxylamine groups is 1. The van der Waals surface area contributed by atoms with Crippen LogP contribution < -0.4 is 10.2 Å². The molecule has 3 heterocycles. The first-order valence-electron chi connectivity index (χ1n) is 12.1. The summed E-state index contributed by atoms with van der Waals surface area (Å²) in [7, 11) is 1.55. The number of halogens is 2. The first-order chi connectivity index (χ1) is 17.5. The number of aryl methyl sites for hydroxylation is 1. The molecule has 36 heavy (non-hydrogen) atoms. The predicted octanol–water partition coefficient (Wildman–Crippen LogP) is 4.70. The van der Waals surface area contributed by atoms with Crippen LogP contribution in [0.25, 0.3) is 10.9 Å². The van der Waals surface area contributed by atoms with Gasteiger partial charge in [0.2, 0.25) is 5.91 Å². The number of methoxy groups -OCH3 is 1. The van der Waals surface area contributed by atoms with Crippen molar-refractivity contribution in [3.63, 3.8) is 0 Å². The number of carbonyl (C=O) groups is 1. The second-order valence-electron chi connectivity index (χ2n) is 9.27. The molecule has 0 spiro atoms. The Morgan fingerprint density at radius 3 is 2.78 bits per heavy atom. The number of nitrogens with one attached hydrogen (secondary N) is 1. The van der Waals surface area contributed by atoms with Crippen LogP contribution >= 0.6 is 11.6 Å². The predicted molar refractivity (Wildman–Crippen MR) is 135 cm³/mol. The van der Waals surface area contributed by atoms with Crippen molar-refractivity contribution < 1.29 is 19.1 Å². The lowest BCUT2D eigenvalue weighted by molar-refractivity contribution is -0.143. The summed E-state index contributed by atoms with van der Waals surface area (Å²) < 4.78 is 21.0. The number of nitrogens with zero attached hydrogens (tertiary/aromatic N) is 4. The molecule has 1 aliphatic rings. The first kappa shape index (κ1) is 26.2. The van der Waals surface area contributed by atoms with E-state index >= 15 is 4.39 Å². The highest BCUT2D eigenvalue weighted by Gasteiger charge is 2.41. The van der Waals surface area contributed by atoms with Crippen molar-refractivity contribution in [1.82, 2.24) is 25.3 Å². The molecule has 2 N–H and O–H groups in total. The van der Waals surface area contributed by atoms with Crippen molar-refractivity contribution in [2.45, 2.75) is 44.7 Å². The summed E-state index contributed by atoms with van der Waals surface area (Å²) in [4.78, 5) is 27.7. The van der Waals surface area contributed by atoms with E-state index in [0.29, 0.717) is 48.1 Å². The lowest BCUT2D eigenvalue weighted by Gasteiger charge is -2.40. The third kappa shape index (κ3) is 5.91. The molecule has 1 aromatic carbocycles. The van der Waals surface area contributed by atoms with Gasteiger partial charge in [-0.15, -0.1) is 0 Å². The molecular formula is C26H31ClFN5O3. The Hall–Kier alpha value is -2.88. The highest BCUT2D eigenvalue weighted by molar-refractivity contribution is 6.32. The van der Waals surface area contributed by atoms with Crippen molar-refractivity contribution in [3.05, 3.63) is 59.3 Å². The fourth-order valence-corrected chi connectivity index (χ4v) is 5.29. The number of hydrogen-bond acceptors (Lipinski definition) is 7. The molecule has 3 aromatic rings. The molecule has 0 saturated carbocycles. The minimum absolute atomic E-state index is 0.0934. The summed E-state index contributed by atoms with van der Waals surface area (Å²) in [6.07, 6.45) is 8.40. The summed E-state index contributed by atoms with van der Waals surface area (Å²) in [5, 5.41) is 10.3. The van der Waals surface area contributed by atoms with Gasteiger partial charge >= 0.3 is 0 Å². The van der Waals surface area contributed by atoms with E-state index in [-0.39, 0.29) is 17.9 Å². The lowest BCUT2D eigenvalue weighted by atomic mass is 9.73. The summed E-state index contributed by atoms with van der Waals surface area (Å²) in [6, 6.07) is 5.26. The average molecular weight is 516 g/mol. The minimum Gasteiger partial charge on any atom is -0.497 e. The number of amides is 1. The van der Waals surface area contributed by atoms with Crippen LogP contribution in [0.15, 0.2) is 43.0 Å². The van der Waals surface area contributed by atoms with Crippen LogP contribution in [-0.4, -0.2) is 57.7 Å². The van der Waals surface area contributed by atoms with Gasteiger partial charge in [-0.2, -0.15) is 0 Å². The number of ether oxygens (including phenoxy) is 1. The monoisotopic (exact) mass is 515 g/mol. The number of carbonyl (C=O) groups excluding carboxylic acids is 1. The van der Waals surface area contributed by atoms with Crippen LogP contribution in [0, 0.1) is 5.41 Å². The summed E-state index contributed by atoms with van der Waals surface area (Å²) in [6.45, 7) is 2.27. The molecule has 0 bridgehead atoms. The normalized spacial score (nSPS) is 16.6. The zero-order valence-corrected chi connectivity index (χ0v) is 21.0. The van der Waals surface area contributed by atoms with Gasteiger partial charge < -0.3 is 9.64 Å². The largest absolute Gasteiger partial charge is 0.497 e. The molecule has 1 aliphatic heterocycles. The number of aromatic nitrogens is 3. The Morgan fingerprint density at radius 1 is 1.28 bits per heavy atom. The molecule has 1 fully saturated rings. The Balaban J connectivity index is 1.40. The first-order valence-corrected chi connectivity index (χ1v) is 12.5. The van der Waals surface area contributed by atoms with Crippen molar-refractivity contribution in [2.75, 3.05) is 26.7 Å². The molecule has 0 aliphatic carbocycles. The molecule has 0 radical (unpaired) electrons. The molecule has 10 heteroatoms. The van der Waals surface area contributed by atoms with Crippen molar-refractivity contribution in [1.29, 1.82) is 0 Å². The van der Waals surface area contributed by atoms with Crippen molar-refractivity contribution >= 4 is 28.4 Å². The molecule has 8 nitrogen and oxygen atoms in total. The van der Waals surface area contributed by atoms with Gasteiger partial charge in [-0.1, -0.05) is 11.6 Å². The standard InChI is InChI=1S/C26H31ClFN5O3/c1-36-19-4-5-23-20(15-19)24(21(27)17-31-23)22(28)6-7-26(25(34)32-35)8-13-33(14-9-26)12-2-3-18-16-29-10-11-30-18/h4-5,10-11,15-17,22,35H,2-3,6-9,12-14H2,1H3,(H,32,34)/t22-/m1/s1. The summed E-state index contributed by atoms with van der Waals surface area (Å²) >= 11 is 6.37. The van der Waals surface area contributed by atoms with Gasteiger partial charge in [0, 0.05) is 35.7 Å². The van der Waals surface area contributed by atoms with E-state index in [1.807, 2.05) is 5.48 Å². The van der Waals surface area contributed by atoms with Gasteiger partial charge in [0.05, 0.1) is 28.8 Å². The van der Waals surface area contributed by atoms with Crippen LogP contribution in [0.5, 0.6) is 5.75 Å². The van der Waals surface area contributed by atoms with Crippen molar-refractivity contribution in [2.24, 2.45) is 5.41 Å². The number of alkyl halides is 1. The summed E-state index contributed by atoms with van der Waals surface area (Å²) in [5.41, 5.74) is 2.91. The Labute approximate surface area is 214 Å². The van der Waals surface area contributed by atoms with Crippen LogP contribution in [0.2, 0.25) is 5.02 Å². The van der Waals surface area contributed by atoms with Crippen molar-refractivity contribution in [3.8, 4) is 5.75 Å². The molecule has 0 unspecified atom stereocenters. The Kier molecular flexibility index (Phi) is 8.66. The smallest absolute Gasteiger partial charge is 0.249 e. The second-order valence-corrected chi connectivity index (χ2v) is 9.68. The summed E-state index contributed by atoms with van der Waals surface area (Å²) in [5.74, 6) is 0.129. The maximum absolute atomic E-state index is 15.7. The highest BCUT2D eigenvalue weighted by atomic mass is 35.5. The van der Waals surface area contributed by atoms with Gasteiger partial charge in [-0.25, -0.2) is 9.87 Å². The molecular weight excluding hydrogens is 485 g/mol. The third-order valence-electron chi connectivity index (χ3n) is 7.18. The average Bonchev–Trinajstić information content (AvgIpc) is 2.92. The number of piperidine rings is 1. The molecule has 1 amide bonds. The molecule has 1 atom stereocenters. The number of hydrogen-bond donors (Lipinski definition) is 2. The maximum Gasteiger partial charge on any atom is 0.249 e. The maximum atomic E-state index is 15.7. The number of likely N-dealkylation sites (tertiary alicyclic amines) is 1. The Morgan fingerprint density at radius 2 is 2.08 bits per heavy atom. The van der Waals surface area contributed by atoms with E-state index in [0.717, 1.165) is 25.1 Å². The number of fused-ring (bicyclic) bond motifs is 1. The number of benzene rings is 1.